The molecule has 1 N–H and O–H groups in total. The highest BCUT2D eigenvalue weighted by molar-refractivity contribution is 5.64. The smallest absolute Gasteiger partial charge is 0.328 e. The molecule has 3 aromatic heterocycles. The Kier molecular flexibility index (Phi) is 3.60. The zero-order chi connectivity index (χ0) is 16.4. The zero-order valence-electron chi connectivity index (χ0n) is 12.2. The first kappa shape index (κ1) is 14.5. The van der Waals surface area contributed by atoms with Crippen LogP contribution in [0.2, 0.25) is 0 Å². The van der Waals surface area contributed by atoms with Crippen molar-refractivity contribution in [2.24, 2.45) is 0 Å². The number of aromatic nitrogens is 3. The minimum Gasteiger partial charge on any atom is -0.359 e. The second-order valence-electron chi connectivity index (χ2n) is 4.93. The number of aryl methyl sites for hydroxylation is 1. The number of pyridine rings is 2. The van der Waals surface area contributed by atoms with Crippen LogP contribution in [0.5, 0.6) is 0 Å². The van der Waals surface area contributed by atoms with Crippen LogP contribution in [0.4, 0.5) is 11.5 Å². The summed E-state index contributed by atoms with van der Waals surface area (Å²) in [7, 11) is 0. The lowest BCUT2D eigenvalue weighted by Crippen LogP contribution is -2.06. The summed E-state index contributed by atoms with van der Waals surface area (Å²) in [5, 5.41) is 23.0. The van der Waals surface area contributed by atoms with E-state index in [9.17, 15) is 10.1 Å². The number of imidazole rings is 1. The van der Waals surface area contributed by atoms with Crippen molar-refractivity contribution < 1.29 is 4.92 Å². The largest absolute Gasteiger partial charge is 0.359 e. The van der Waals surface area contributed by atoms with Crippen molar-refractivity contribution in [1.82, 2.24) is 14.4 Å². The highest BCUT2D eigenvalue weighted by atomic mass is 16.6. The fraction of sp³-hybridized carbons (Fsp3) is 0.133. The van der Waals surface area contributed by atoms with Gasteiger partial charge >= 0.3 is 5.69 Å². The lowest BCUT2D eigenvalue weighted by Gasteiger charge is -2.04. The van der Waals surface area contributed by atoms with E-state index in [2.05, 4.69) is 15.3 Å². The predicted molar refractivity (Wildman–Crippen MR) is 82.9 cm³/mol. The zero-order valence-corrected chi connectivity index (χ0v) is 12.2. The maximum atomic E-state index is 11.2. The maximum Gasteiger partial charge on any atom is 0.328 e. The number of anilines is 1. The average molecular weight is 308 g/mol. The molecular formula is C15H12N6O2. The first-order valence-corrected chi connectivity index (χ1v) is 6.80. The van der Waals surface area contributed by atoms with E-state index in [1.165, 1.54) is 12.3 Å². The standard InChI is InChI=1S/C15H12N6O2/c1-10-3-2-6-20-9-12(19-15(10)20)8-18-14-13(21(22)23)11(7-16)4-5-17-14/h2-6,9H,8H2,1H3,(H,17,18). The second kappa shape index (κ2) is 5.73. The van der Waals surface area contributed by atoms with Gasteiger partial charge in [-0.3, -0.25) is 10.1 Å². The van der Waals surface area contributed by atoms with E-state index in [4.69, 9.17) is 5.26 Å². The molecule has 0 aliphatic heterocycles. The quantitative estimate of drug-likeness (QED) is 0.585. The Labute approximate surface area is 131 Å². The van der Waals surface area contributed by atoms with Crippen molar-refractivity contribution in [3.63, 3.8) is 0 Å². The first-order valence-electron chi connectivity index (χ1n) is 6.80. The van der Waals surface area contributed by atoms with Crippen LogP contribution in [0, 0.1) is 28.4 Å². The Balaban J connectivity index is 1.89. The molecule has 0 amide bonds. The number of nitriles is 1. The fourth-order valence-corrected chi connectivity index (χ4v) is 2.32. The summed E-state index contributed by atoms with van der Waals surface area (Å²) in [6.07, 6.45) is 5.09. The molecule has 8 nitrogen and oxygen atoms in total. The van der Waals surface area contributed by atoms with E-state index < -0.39 is 4.92 Å². The van der Waals surface area contributed by atoms with E-state index in [-0.39, 0.29) is 23.6 Å². The number of fused-ring (bicyclic) bond motifs is 1. The molecule has 0 saturated heterocycles. The summed E-state index contributed by atoms with van der Waals surface area (Å²) in [4.78, 5) is 19.0. The van der Waals surface area contributed by atoms with Crippen molar-refractivity contribution >= 4 is 17.2 Å². The number of nitrogens with zero attached hydrogens (tertiary/aromatic N) is 5. The van der Waals surface area contributed by atoms with Crippen LogP contribution in [-0.4, -0.2) is 19.3 Å². The highest BCUT2D eigenvalue weighted by Crippen LogP contribution is 2.26. The molecule has 3 aromatic rings. The van der Waals surface area contributed by atoms with Crippen molar-refractivity contribution in [2.75, 3.05) is 5.32 Å². The highest BCUT2D eigenvalue weighted by Gasteiger charge is 2.21. The van der Waals surface area contributed by atoms with Crippen LogP contribution in [0.25, 0.3) is 5.65 Å². The molecule has 0 fully saturated rings. The number of hydrogen-bond acceptors (Lipinski definition) is 6. The van der Waals surface area contributed by atoms with Crippen molar-refractivity contribution in [2.45, 2.75) is 13.5 Å². The van der Waals surface area contributed by atoms with E-state index >= 15 is 0 Å². The summed E-state index contributed by atoms with van der Waals surface area (Å²) in [5.74, 6) is 0.0582. The van der Waals surface area contributed by atoms with Crippen LogP contribution >= 0.6 is 0 Å². The lowest BCUT2D eigenvalue weighted by atomic mass is 10.2. The van der Waals surface area contributed by atoms with Crippen LogP contribution < -0.4 is 5.32 Å². The molecule has 0 aliphatic rings. The molecule has 23 heavy (non-hydrogen) atoms. The number of rotatable bonds is 4. The molecule has 114 valence electrons. The topological polar surface area (TPSA) is 109 Å². The van der Waals surface area contributed by atoms with Gasteiger partial charge in [-0.1, -0.05) is 6.07 Å². The minimum atomic E-state index is -0.609. The molecule has 3 heterocycles. The first-order chi connectivity index (χ1) is 11.1. The number of hydrogen-bond donors (Lipinski definition) is 1. The van der Waals surface area contributed by atoms with Gasteiger partial charge in [0.15, 0.2) is 0 Å². The summed E-state index contributed by atoms with van der Waals surface area (Å²) < 4.78 is 1.89. The summed E-state index contributed by atoms with van der Waals surface area (Å²) in [5.41, 5.74) is 2.23. The molecule has 0 radical (unpaired) electrons. The van der Waals surface area contributed by atoms with Gasteiger partial charge in [-0.15, -0.1) is 0 Å². The molecule has 0 aromatic carbocycles. The van der Waals surface area contributed by atoms with Gasteiger partial charge < -0.3 is 9.72 Å². The van der Waals surface area contributed by atoms with Crippen LogP contribution in [0.1, 0.15) is 16.8 Å². The molecule has 0 atom stereocenters. The molecule has 0 spiro atoms. The Morgan fingerprint density at radius 2 is 2.30 bits per heavy atom. The molecule has 0 saturated carbocycles. The Morgan fingerprint density at radius 3 is 3.00 bits per heavy atom. The van der Waals surface area contributed by atoms with E-state index in [1.807, 2.05) is 35.9 Å². The van der Waals surface area contributed by atoms with Gasteiger partial charge in [0.2, 0.25) is 5.82 Å². The number of nitrogens with one attached hydrogen (secondary N) is 1. The van der Waals surface area contributed by atoms with Crippen LogP contribution in [-0.2, 0) is 6.54 Å². The van der Waals surface area contributed by atoms with Gasteiger partial charge in [-0.2, -0.15) is 5.26 Å². The predicted octanol–water partition coefficient (Wildman–Crippen LogP) is 2.43. The number of nitro groups is 1. The third-order valence-corrected chi connectivity index (χ3v) is 3.39. The van der Waals surface area contributed by atoms with Gasteiger partial charge in [0.25, 0.3) is 0 Å². The van der Waals surface area contributed by atoms with E-state index in [1.54, 1.807) is 6.07 Å². The molecule has 0 bridgehead atoms. The Bertz CT molecular complexity index is 941. The summed E-state index contributed by atoms with van der Waals surface area (Å²) in [6, 6.07) is 7.00. The maximum absolute atomic E-state index is 11.2. The molecular weight excluding hydrogens is 296 g/mol. The minimum absolute atomic E-state index is 0.0293. The van der Waals surface area contributed by atoms with Crippen LogP contribution in [0.3, 0.4) is 0 Å². The normalized spacial score (nSPS) is 10.4. The van der Waals surface area contributed by atoms with Gasteiger partial charge in [0.1, 0.15) is 17.3 Å². The third kappa shape index (κ3) is 2.67. The van der Waals surface area contributed by atoms with E-state index in [0.717, 1.165) is 16.9 Å². The van der Waals surface area contributed by atoms with Gasteiger partial charge in [0.05, 0.1) is 17.2 Å². The fourth-order valence-electron chi connectivity index (χ4n) is 2.32. The van der Waals surface area contributed by atoms with E-state index in [0.29, 0.717) is 0 Å². The van der Waals surface area contributed by atoms with Gasteiger partial charge in [0, 0.05) is 18.6 Å². The Morgan fingerprint density at radius 1 is 1.48 bits per heavy atom. The van der Waals surface area contributed by atoms with Crippen molar-refractivity contribution in [3.8, 4) is 6.07 Å². The van der Waals surface area contributed by atoms with Gasteiger partial charge in [-0.25, -0.2) is 9.97 Å². The lowest BCUT2D eigenvalue weighted by molar-refractivity contribution is -0.384. The third-order valence-electron chi connectivity index (χ3n) is 3.39. The molecule has 8 heteroatoms. The second-order valence-corrected chi connectivity index (χ2v) is 4.93. The SMILES string of the molecule is Cc1cccn2cc(CNc3nccc(C#N)c3[N+](=O)[O-])nc12. The summed E-state index contributed by atoms with van der Waals surface area (Å²) >= 11 is 0. The molecule has 0 aliphatic carbocycles. The van der Waals surface area contributed by atoms with Crippen LogP contribution in [0.15, 0.2) is 36.8 Å². The van der Waals surface area contributed by atoms with Crippen molar-refractivity contribution in [3.05, 3.63) is 63.7 Å². The summed E-state index contributed by atoms with van der Waals surface area (Å²) in [6.45, 7) is 2.23. The molecule has 0 unspecified atom stereocenters. The molecule has 3 rings (SSSR count). The average Bonchev–Trinajstić information content (AvgIpc) is 2.96. The monoisotopic (exact) mass is 308 g/mol. The Hall–Kier alpha value is -3.47. The van der Waals surface area contributed by atoms with Gasteiger partial charge in [-0.05, 0) is 24.6 Å². The van der Waals surface area contributed by atoms with Crippen molar-refractivity contribution in [1.29, 1.82) is 5.26 Å².